The molecule has 2 rings (SSSR count). The fourth-order valence-corrected chi connectivity index (χ4v) is 1.91. The standard InChI is InChI=1S/C15H14ClFN2O/c1-10(15(20)19-11-6-3-2-4-7-11)18-14-12(16)8-5-9-13(14)17/h2-10,18H,1H3,(H,19,20). The molecule has 0 fully saturated rings. The van der Waals surface area contributed by atoms with Crippen molar-refractivity contribution in [3.05, 3.63) is 59.4 Å². The highest BCUT2D eigenvalue weighted by molar-refractivity contribution is 6.33. The first kappa shape index (κ1) is 14.3. The molecule has 2 aromatic rings. The Kier molecular flexibility index (Phi) is 4.58. The van der Waals surface area contributed by atoms with Crippen LogP contribution < -0.4 is 10.6 Å². The number of hydrogen-bond donors (Lipinski definition) is 2. The first-order valence-electron chi connectivity index (χ1n) is 6.14. The SMILES string of the molecule is CC(Nc1c(F)cccc1Cl)C(=O)Nc1ccccc1. The van der Waals surface area contributed by atoms with Crippen molar-refractivity contribution < 1.29 is 9.18 Å². The van der Waals surface area contributed by atoms with Crippen LogP contribution in [0.5, 0.6) is 0 Å². The van der Waals surface area contributed by atoms with Gasteiger partial charge in [-0.05, 0) is 31.2 Å². The molecular weight excluding hydrogens is 279 g/mol. The van der Waals surface area contributed by atoms with E-state index in [9.17, 15) is 9.18 Å². The molecule has 0 radical (unpaired) electrons. The number of carbonyl (C=O) groups is 1. The Bertz CT molecular complexity index is 584. The summed E-state index contributed by atoms with van der Waals surface area (Å²) in [6.07, 6.45) is 0. The van der Waals surface area contributed by atoms with Crippen LogP contribution in [0.2, 0.25) is 5.02 Å². The molecule has 0 aliphatic heterocycles. The Balaban J connectivity index is 2.05. The van der Waals surface area contributed by atoms with E-state index in [0.29, 0.717) is 5.69 Å². The van der Waals surface area contributed by atoms with Crippen LogP contribution in [-0.2, 0) is 4.79 Å². The summed E-state index contributed by atoms with van der Waals surface area (Å²) in [7, 11) is 0. The van der Waals surface area contributed by atoms with Gasteiger partial charge < -0.3 is 10.6 Å². The lowest BCUT2D eigenvalue weighted by atomic mass is 10.2. The van der Waals surface area contributed by atoms with E-state index >= 15 is 0 Å². The summed E-state index contributed by atoms with van der Waals surface area (Å²) in [4.78, 5) is 12.0. The Morgan fingerprint density at radius 1 is 1.15 bits per heavy atom. The van der Waals surface area contributed by atoms with Crippen LogP contribution in [0.25, 0.3) is 0 Å². The highest BCUT2D eigenvalue weighted by Crippen LogP contribution is 2.25. The molecule has 0 saturated heterocycles. The summed E-state index contributed by atoms with van der Waals surface area (Å²) in [5.74, 6) is -0.757. The summed E-state index contributed by atoms with van der Waals surface area (Å²) in [6, 6.07) is 12.8. The van der Waals surface area contributed by atoms with Gasteiger partial charge in [0.2, 0.25) is 5.91 Å². The number of rotatable bonds is 4. The second kappa shape index (κ2) is 6.39. The van der Waals surface area contributed by atoms with Gasteiger partial charge >= 0.3 is 0 Å². The monoisotopic (exact) mass is 292 g/mol. The van der Waals surface area contributed by atoms with Gasteiger partial charge in [-0.15, -0.1) is 0 Å². The van der Waals surface area contributed by atoms with Gasteiger partial charge in [-0.2, -0.15) is 0 Å². The van der Waals surface area contributed by atoms with E-state index in [1.54, 1.807) is 25.1 Å². The third kappa shape index (κ3) is 3.48. The van der Waals surface area contributed by atoms with Crippen LogP contribution in [-0.4, -0.2) is 11.9 Å². The van der Waals surface area contributed by atoms with Gasteiger partial charge in [0.25, 0.3) is 0 Å². The van der Waals surface area contributed by atoms with Crippen LogP contribution >= 0.6 is 11.6 Å². The van der Waals surface area contributed by atoms with Crippen LogP contribution in [0.3, 0.4) is 0 Å². The fraction of sp³-hybridized carbons (Fsp3) is 0.133. The maximum Gasteiger partial charge on any atom is 0.246 e. The minimum absolute atomic E-state index is 0.130. The highest BCUT2D eigenvalue weighted by Gasteiger charge is 2.16. The van der Waals surface area contributed by atoms with Crippen molar-refractivity contribution in [3.8, 4) is 0 Å². The molecule has 3 nitrogen and oxygen atoms in total. The molecule has 5 heteroatoms. The van der Waals surface area contributed by atoms with E-state index in [2.05, 4.69) is 10.6 Å². The zero-order chi connectivity index (χ0) is 14.5. The predicted octanol–water partition coefficient (Wildman–Crippen LogP) is 3.92. The summed E-state index contributed by atoms with van der Waals surface area (Å²) in [5.41, 5.74) is 0.815. The Labute approximate surface area is 121 Å². The Morgan fingerprint density at radius 2 is 1.85 bits per heavy atom. The lowest BCUT2D eigenvalue weighted by Gasteiger charge is -2.16. The van der Waals surface area contributed by atoms with E-state index in [1.807, 2.05) is 18.2 Å². The third-order valence-electron chi connectivity index (χ3n) is 2.76. The average Bonchev–Trinajstić information content (AvgIpc) is 2.44. The van der Waals surface area contributed by atoms with Crippen molar-refractivity contribution in [1.29, 1.82) is 0 Å². The number of amides is 1. The summed E-state index contributed by atoms with van der Waals surface area (Å²) < 4.78 is 13.6. The molecule has 20 heavy (non-hydrogen) atoms. The van der Waals surface area contributed by atoms with Crippen molar-refractivity contribution in [2.75, 3.05) is 10.6 Å². The number of halogens is 2. The molecule has 1 amide bonds. The number of hydrogen-bond acceptors (Lipinski definition) is 2. The second-order valence-electron chi connectivity index (χ2n) is 4.32. The van der Waals surface area contributed by atoms with Crippen molar-refractivity contribution in [2.24, 2.45) is 0 Å². The van der Waals surface area contributed by atoms with Crippen molar-refractivity contribution in [2.45, 2.75) is 13.0 Å². The number of carbonyl (C=O) groups excluding carboxylic acids is 1. The molecule has 0 bridgehead atoms. The number of benzene rings is 2. The molecule has 1 atom stereocenters. The van der Waals surface area contributed by atoms with Crippen LogP contribution in [0.4, 0.5) is 15.8 Å². The number of anilines is 2. The number of para-hydroxylation sites is 2. The largest absolute Gasteiger partial charge is 0.370 e. The zero-order valence-corrected chi connectivity index (χ0v) is 11.6. The molecule has 2 aromatic carbocycles. The maximum atomic E-state index is 13.6. The lowest BCUT2D eigenvalue weighted by molar-refractivity contribution is -0.116. The van der Waals surface area contributed by atoms with Crippen molar-refractivity contribution >= 4 is 28.9 Å². The predicted molar refractivity (Wildman–Crippen MR) is 79.6 cm³/mol. The van der Waals surface area contributed by atoms with Crippen molar-refractivity contribution in [1.82, 2.24) is 0 Å². The topological polar surface area (TPSA) is 41.1 Å². The van der Waals surface area contributed by atoms with Gasteiger partial charge in [0.1, 0.15) is 11.9 Å². The summed E-state index contributed by atoms with van der Waals surface area (Å²) in [5, 5.41) is 5.75. The van der Waals surface area contributed by atoms with Crippen LogP contribution in [0, 0.1) is 5.82 Å². The zero-order valence-electron chi connectivity index (χ0n) is 10.9. The molecule has 0 aliphatic rings. The summed E-state index contributed by atoms with van der Waals surface area (Å²) >= 11 is 5.90. The Morgan fingerprint density at radius 3 is 2.50 bits per heavy atom. The first-order valence-corrected chi connectivity index (χ1v) is 6.52. The molecular formula is C15H14ClFN2O. The van der Waals surface area contributed by atoms with Gasteiger partial charge in [0, 0.05) is 5.69 Å². The molecule has 0 saturated carbocycles. The average molecular weight is 293 g/mol. The van der Waals surface area contributed by atoms with E-state index in [0.717, 1.165) is 0 Å². The molecule has 1 unspecified atom stereocenters. The lowest BCUT2D eigenvalue weighted by Crippen LogP contribution is -2.32. The Hall–Kier alpha value is -2.07. The van der Waals surface area contributed by atoms with E-state index < -0.39 is 11.9 Å². The first-order chi connectivity index (χ1) is 9.58. The van der Waals surface area contributed by atoms with Gasteiger partial charge in [-0.25, -0.2) is 4.39 Å². The molecule has 2 N–H and O–H groups in total. The van der Waals surface area contributed by atoms with Gasteiger partial charge in [-0.3, -0.25) is 4.79 Å². The normalized spacial score (nSPS) is 11.8. The molecule has 104 valence electrons. The van der Waals surface area contributed by atoms with E-state index in [-0.39, 0.29) is 16.6 Å². The second-order valence-corrected chi connectivity index (χ2v) is 4.73. The van der Waals surface area contributed by atoms with E-state index in [4.69, 9.17) is 11.6 Å². The van der Waals surface area contributed by atoms with Gasteiger partial charge in [0.15, 0.2) is 0 Å². The van der Waals surface area contributed by atoms with Crippen molar-refractivity contribution in [3.63, 3.8) is 0 Å². The third-order valence-corrected chi connectivity index (χ3v) is 3.07. The van der Waals surface area contributed by atoms with Crippen LogP contribution in [0.15, 0.2) is 48.5 Å². The number of nitrogens with one attached hydrogen (secondary N) is 2. The van der Waals surface area contributed by atoms with Gasteiger partial charge in [-0.1, -0.05) is 35.9 Å². The molecule has 0 spiro atoms. The van der Waals surface area contributed by atoms with Gasteiger partial charge in [0.05, 0.1) is 10.7 Å². The minimum Gasteiger partial charge on any atom is -0.370 e. The summed E-state index contributed by atoms with van der Waals surface area (Å²) in [6.45, 7) is 1.64. The highest BCUT2D eigenvalue weighted by atomic mass is 35.5. The maximum absolute atomic E-state index is 13.6. The van der Waals surface area contributed by atoms with Crippen LogP contribution in [0.1, 0.15) is 6.92 Å². The van der Waals surface area contributed by atoms with E-state index in [1.165, 1.54) is 12.1 Å². The molecule has 0 heterocycles. The minimum atomic E-state index is -0.621. The molecule has 0 aliphatic carbocycles. The quantitative estimate of drug-likeness (QED) is 0.897. The smallest absolute Gasteiger partial charge is 0.246 e. The molecule has 0 aromatic heterocycles. The fourth-order valence-electron chi connectivity index (χ4n) is 1.69.